The van der Waals surface area contributed by atoms with Gasteiger partial charge in [-0.1, -0.05) is 35.9 Å². The maximum Gasteiger partial charge on any atom is 0.277 e. The number of nitro groups is 1. The van der Waals surface area contributed by atoms with Crippen molar-refractivity contribution in [2.24, 2.45) is 0 Å². The molecule has 0 atom stereocenters. The largest absolute Gasteiger partial charge is 0.277 e. The number of rotatable bonds is 2. The van der Waals surface area contributed by atoms with Crippen LogP contribution in [-0.4, -0.2) is 4.92 Å². The van der Waals surface area contributed by atoms with Crippen LogP contribution in [0, 0.1) is 24.0 Å². The molecule has 0 radical (unpaired) electrons. The van der Waals surface area contributed by atoms with Crippen LogP contribution in [0.3, 0.4) is 0 Å². The first-order valence-electron chi connectivity index (χ1n) is 5.40. The molecule has 2 aromatic rings. The third-order valence-corrected chi connectivity index (χ3v) is 2.71. The van der Waals surface area contributed by atoms with Crippen molar-refractivity contribution in [2.45, 2.75) is 13.8 Å². The highest BCUT2D eigenvalue weighted by atomic mass is 16.6. The smallest absolute Gasteiger partial charge is 0.258 e. The molecular weight excluding hydrogens is 214 g/mol. The zero-order valence-electron chi connectivity index (χ0n) is 9.81. The van der Waals surface area contributed by atoms with Gasteiger partial charge in [0.1, 0.15) is 0 Å². The van der Waals surface area contributed by atoms with Crippen LogP contribution in [0.25, 0.3) is 11.1 Å². The summed E-state index contributed by atoms with van der Waals surface area (Å²) in [6.07, 6.45) is 0. The predicted octanol–water partition coefficient (Wildman–Crippen LogP) is 3.88. The van der Waals surface area contributed by atoms with E-state index in [4.69, 9.17) is 0 Å². The maximum atomic E-state index is 11.0. The molecule has 0 amide bonds. The average molecular weight is 227 g/mol. The second-order valence-electron chi connectivity index (χ2n) is 4.14. The van der Waals surface area contributed by atoms with E-state index in [0.29, 0.717) is 5.56 Å². The number of benzene rings is 2. The lowest BCUT2D eigenvalue weighted by Gasteiger charge is -2.04. The minimum absolute atomic E-state index is 0.161. The molecule has 86 valence electrons. The zero-order chi connectivity index (χ0) is 12.4. The van der Waals surface area contributed by atoms with Gasteiger partial charge in [0.25, 0.3) is 5.69 Å². The Kier molecular flexibility index (Phi) is 2.91. The highest BCUT2D eigenvalue weighted by Gasteiger charge is 2.14. The van der Waals surface area contributed by atoms with Gasteiger partial charge in [0, 0.05) is 6.07 Å². The van der Waals surface area contributed by atoms with Crippen LogP contribution in [0.4, 0.5) is 5.69 Å². The summed E-state index contributed by atoms with van der Waals surface area (Å²) in [6, 6.07) is 13.0. The fourth-order valence-electron chi connectivity index (χ4n) is 1.77. The lowest BCUT2D eigenvalue weighted by Crippen LogP contribution is -1.92. The van der Waals surface area contributed by atoms with E-state index in [1.165, 1.54) is 0 Å². The van der Waals surface area contributed by atoms with Crippen molar-refractivity contribution in [3.05, 3.63) is 63.7 Å². The van der Waals surface area contributed by atoms with Gasteiger partial charge in [0.15, 0.2) is 0 Å². The van der Waals surface area contributed by atoms with Gasteiger partial charge in [-0.2, -0.15) is 0 Å². The van der Waals surface area contributed by atoms with Gasteiger partial charge in [-0.15, -0.1) is 0 Å². The molecule has 3 nitrogen and oxygen atoms in total. The zero-order valence-corrected chi connectivity index (χ0v) is 9.81. The van der Waals surface area contributed by atoms with E-state index in [-0.39, 0.29) is 10.6 Å². The van der Waals surface area contributed by atoms with Gasteiger partial charge in [-0.05, 0) is 31.0 Å². The molecule has 2 aromatic carbocycles. The predicted molar refractivity (Wildman–Crippen MR) is 68.0 cm³/mol. The lowest BCUT2D eigenvalue weighted by molar-refractivity contribution is -0.384. The molecule has 0 heterocycles. The second-order valence-corrected chi connectivity index (χ2v) is 4.14. The Labute approximate surface area is 99.9 Å². The summed E-state index contributed by atoms with van der Waals surface area (Å²) in [5, 5.41) is 11.0. The highest BCUT2D eigenvalue weighted by molar-refractivity contribution is 5.74. The summed E-state index contributed by atoms with van der Waals surface area (Å²) in [4.78, 5) is 10.7. The number of aryl methyl sites for hydroxylation is 2. The van der Waals surface area contributed by atoms with Crippen molar-refractivity contribution < 1.29 is 4.92 Å². The molecule has 2 rings (SSSR count). The van der Waals surface area contributed by atoms with Crippen molar-refractivity contribution in [1.29, 1.82) is 0 Å². The van der Waals surface area contributed by atoms with E-state index in [1.54, 1.807) is 12.1 Å². The lowest BCUT2D eigenvalue weighted by atomic mass is 10.0. The van der Waals surface area contributed by atoms with E-state index < -0.39 is 0 Å². The van der Waals surface area contributed by atoms with Crippen LogP contribution in [0.15, 0.2) is 42.5 Å². The van der Waals surface area contributed by atoms with Crippen molar-refractivity contribution in [1.82, 2.24) is 0 Å². The van der Waals surface area contributed by atoms with Gasteiger partial charge in [0.2, 0.25) is 0 Å². The summed E-state index contributed by atoms with van der Waals surface area (Å²) in [6.45, 7) is 3.85. The molecule has 17 heavy (non-hydrogen) atoms. The topological polar surface area (TPSA) is 43.1 Å². The molecule has 0 aliphatic carbocycles. The summed E-state index contributed by atoms with van der Waals surface area (Å²) in [7, 11) is 0. The first kappa shape index (κ1) is 11.3. The SMILES string of the molecule is Cc1ccc(-c2ccc(C)cc2[N+](=O)[O-])cc1. The quantitative estimate of drug-likeness (QED) is 0.577. The first-order valence-corrected chi connectivity index (χ1v) is 5.40. The second kappa shape index (κ2) is 4.37. The van der Waals surface area contributed by atoms with Gasteiger partial charge in [0.05, 0.1) is 10.5 Å². The molecule has 3 heteroatoms. The van der Waals surface area contributed by atoms with Crippen LogP contribution in [0.2, 0.25) is 0 Å². The standard InChI is InChI=1S/C14H13NO2/c1-10-3-6-12(7-4-10)13-8-5-11(2)9-14(13)15(16)17/h3-9H,1-2H3. The van der Waals surface area contributed by atoms with Gasteiger partial charge in [-0.3, -0.25) is 10.1 Å². The van der Waals surface area contributed by atoms with Crippen molar-refractivity contribution >= 4 is 5.69 Å². The fraction of sp³-hybridized carbons (Fsp3) is 0.143. The highest BCUT2D eigenvalue weighted by Crippen LogP contribution is 2.30. The summed E-state index contributed by atoms with van der Waals surface area (Å²) >= 11 is 0. The van der Waals surface area contributed by atoms with Crippen LogP contribution in [-0.2, 0) is 0 Å². The summed E-state index contributed by atoms with van der Waals surface area (Å²) in [5.41, 5.74) is 3.74. The Hall–Kier alpha value is -2.16. The molecule has 0 unspecified atom stereocenters. The Bertz CT molecular complexity index is 559. The van der Waals surface area contributed by atoms with E-state index in [1.807, 2.05) is 44.2 Å². The Morgan fingerprint density at radius 1 is 0.941 bits per heavy atom. The molecule has 0 N–H and O–H groups in total. The molecule has 0 aliphatic rings. The molecule has 0 saturated heterocycles. The monoisotopic (exact) mass is 227 g/mol. The Balaban J connectivity index is 2.58. The van der Waals surface area contributed by atoms with Crippen molar-refractivity contribution in [3.63, 3.8) is 0 Å². The minimum atomic E-state index is -0.331. The van der Waals surface area contributed by atoms with E-state index in [2.05, 4.69) is 0 Å². The van der Waals surface area contributed by atoms with Crippen LogP contribution in [0.1, 0.15) is 11.1 Å². The third kappa shape index (κ3) is 2.33. The number of nitrogens with zero attached hydrogens (tertiary/aromatic N) is 1. The van der Waals surface area contributed by atoms with E-state index in [0.717, 1.165) is 16.7 Å². The molecule has 0 fully saturated rings. The van der Waals surface area contributed by atoms with E-state index in [9.17, 15) is 10.1 Å². The van der Waals surface area contributed by atoms with Crippen molar-refractivity contribution in [3.8, 4) is 11.1 Å². The number of nitro benzene ring substituents is 1. The Morgan fingerprint density at radius 3 is 2.12 bits per heavy atom. The first-order chi connectivity index (χ1) is 8.08. The molecule has 0 spiro atoms. The maximum absolute atomic E-state index is 11.0. The molecule has 0 aliphatic heterocycles. The average Bonchev–Trinajstić information content (AvgIpc) is 2.30. The fourth-order valence-corrected chi connectivity index (χ4v) is 1.77. The Morgan fingerprint density at radius 2 is 1.53 bits per heavy atom. The number of hydrogen-bond acceptors (Lipinski definition) is 2. The molecular formula is C14H13NO2. The normalized spacial score (nSPS) is 10.2. The van der Waals surface area contributed by atoms with Crippen LogP contribution >= 0.6 is 0 Å². The molecule has 0 bridgehead atoms. The van der Waals surface area contributed by atoms with Crippen LogP contribution in [0.5, 0.6) is 0 Å². The number of hydrogen-bond donors (Lipinski definition) is 0. The summed E-state index contributed by atoms with van der Waals surface area (Å²) in [5.74, 6) is 0. The van der Waals surface area contributed by atoms with Crippen LogP contribution < -0.4 is 0 Å². The summed E-state index contributed by atoms with van der Waals surface area (Å²) < 4.78 is 0. The molecule has 0 aromatic heterocycles. The van der Waals surface area contributed by atoms with E-state index >= 15 is 0 Å². The van der Waals surface area contributed by atoms with Crippen molar-refractivity contribution in [2.75, 3.05) is 0 Å². The third-order valence-electron chi connectivity index (χ3n) is 2.71. The van der Waals surface area contributed by atoms with Gasteiger partial charge >= 0.3 is 0 Å². The van der Waals surface area contributed by atoms with Gasteiger partial charge in [-0.25, -0.2) is 0 Å². The van der Waals surface area contributed by atoms with Gasteiger partial charge < -0.3 is 0 Å². The minimum Gasteiger partial charge on any atom is -0.258 e. The molecule has 0 saturated carbocycles.